The van der Waals surface area contributed by atoms with E-state index >= 15 is 0 Å². The Bertz CT molecular complexity index is 935. The number of carbonyl (C=O) groups excluding carboxylic acids is 2. The molecule has 0 fully saturated rings. The van der Waals surface area contributed by atoms with Crippen molar-refractivity contribution < 1.29 is 14.3 Å². The molecule has 5 nitrogen and oxygen atoms in total. The van der Waals surface area contributed by atoms with Gasteiger partial charge in [-0.15, -0.1) is 0 Å². The number of esters is 1. The lowest BCUT2D eigenvalue weighted by atomic mass is 10.2. The van der Waals surface area contributed by atoms with Crippen LogP contribution in [0.2, 0.25) is 0 Å². The highest BCUT2D eigenvalue weighted by molar-refractivity contribution is 9.10. The van der Waals surface area contributed by atoms with Crippen molar-refractivity contribution in [2.24, 2.45) is 0 Å². The third-order valence-corrected chi connectivity index (χ3v) is 4.76. The summed E-state index contributed by atoms with van der Waals surface area (Å²) in [5.74, 6) is -0.600. The highest BCUT2D eigenvalue weighted by Gasteiger charge is 2.13. The van der Waals surface area contributed by atoms with E-state index in [0.717, 1.165) is 14.7 Å². The minimum Gasteiger partial charge on any atom is -0.459 e. The van der Waals surface area contributed by atoms with E-state index < -0.39 is 0 Å². The number of anilines is 1. The largest absolute Gasteiger partial charge is 0.459 e. The lowest BCUT2D eigenvalue weighted by molar-refractivity contribution is 0.0378. The fourth-order valence-corrected chi connectivity index (χ4v) is 3.32. The van der Waals surface area contributed by atoms with Gasteiger partial charge in [-0.1, -0.05) is 27.3 Å². The maximum atomic E-state index is 12.3. The van der Waals surface area contributed by atoms with Crippen LogP contribution < -0.4 is 5.32 Å². The lowest BCUT2D eigenvalue weighted by Gasteiger charge is -2.07. The molecule has 25 heavy (non-hydrogen) atoms. The first kappa shape index (κ1) is 17.6. The Hall–Kier alpha value is -2.25. The normalized spacial score (nSPS) is 10.9. The van der Waals surface area contributed by atoms with E-state index in [1.54, 1.807) is 56.3 Å². The van der Waals surface area contributed by atoms with Crippen molar-refractivity contribution in [2.75, 3.05) is 5.32 Å². The van der Waals surface area contributed by atoms with Crippen molar-refractivity contribution in [2.45, 2.75) is 20.0 Å². The number of fused-ring (bicyclic) bond motifs is 1. The summed E-state index contributed by atoms with van der Waals surface area (Å²) in [6, 6.07) is 12.2. The van der Waals surface area contributed by atoms with Gasteiger partial charge in [-0.25, -0.2) is 9.78 Å². The van der Waals surface area contributed by atoms with Crippen LogP contribution in [-0.4, -0.2) is 23.0 Å². The molecule has 3 rings (SSSR count). The predicted octanol–water partition coefficient (Wildman–Crippen LogP) is 4.88. The molecule has 2 aromatic carbocycles. The van der Waals surface area contributed by atoms with Crippen molar-refractivity contribution in [3.05, 3.63) is 58.1 Å². The molecule has 7 heteroatoms. The van der Waals surface area contributed by atoms with E-state index in [0.29, 0.717) is 16.3 Å². The second kappa shape index (κ2) is 7.33. The molecule has 1 aromatic heterocycles. The molecular formula is C18H15BrN2O3S. The molecule has 1 N–H and O–H groups in total. The second-order valence-corrected chi connectivity index (χ2v) is 7.56. The third kappa shape index (κ3) is 4.24. The highest BCUT2D eigenvalue weighted by Crippen LogP contribution is 2.27. The molecule has 0 aliphatic heterocycles. The van der Waals surface area contributed by atoms with Gasteiger partial charge < -0.3 is 4.74 Å². The average molecular weight is 419 g/mol. The molecule has 0 aliphatic carbocycles. The Morgan fingerprint density at radius 2 is 1.80 bits per heavy atom. The van der Waals surface area contributed by atoms with Gasteiger partial charge in [0.05, 0.1) is 21.9 Å². The number of halogens is 1. The SMILES string of the molecule is CC(C)OC(=O)c1ccc2nc(NC(=O)c3ccc(Br)cc3)sc2c1. The molecule has 128 valence electrons. The van der Waals surface area contributed by atoms with E-state index in [-0.39, 0.29) is 18.0 Å². The number of benzene rings is 2. The van der Waals surface area contributed by atoms with E-state index in [1.165, 1.54) is 11.3 Å². The Labute approximate surface area is 157 Å². The van der Waals surface area contributed by atoms with E-state index in [1.807, 2.05) is 0 Å². The molecule has 0 saturated carbocycles. The monoisotopic (exact) mass is 418 g/mol. The molecule has 1 amide bonds. The first-order valence-corrected chi connectivity index (χ1v) is 9.22. The topological polar surface area (TPSA) is 68.3 Å². The van der Waals surface area contributed by atoms with Gasteiger partial charge in [-0.05, 0) is 56.3 Å². The summed E-state index contributed by atoms with van der Waals surface area (Å²) < 4.78 is 6.91. The summed E-state index contributed by atoms with van der Waals surface area (Å²) in [5, 5.41) is 3.27. The van der Waals surface area contributed by atoms with Crippen molar-refractivity contribution in [1.82, 2.24) is 4.98 Å². The Morgan fingerprint density at radius 1 is 1.12 bits per heavy atom. The van der Waals surface area contributed by atoms with E-state index in [2.05, 4.69) is 26.2 Å². The minimum atomic E-state index is -0.370. The standard InChI is InChI=1S/C18H15BrN2O3S/c1-10(2)24-17(23)12-5-8-14-15(9-12)25-18(20-14)21-16(22)11-3-6-13(19)7-4-11/h3-10H,1-2H3,(H,20,21,22). The molecule has 3 aromatic rings. The number of amides is 1. The van der Waals surface area contributed by atoms with Crippen LogP contribution in [0.4, 0.5) is 5.13 Å². The van der Waals surface area contributed by atoms with E-state index in [4.69, 9.17) is 4.74 Å². The molecule has 0 aliphatic rings. The van der Waals surface area contributed by atoms with Crippen molar-refractivity contribution in [1.29, 1.82) is 0 Å². The first-order valence-electron chi connectivity index (χ1n) is 7.61. The molecule has 1 heterocycles. The highest BCUT2D eigenvalue weighted by atomic mass is 79.9. The van der Waals surface area contributed by atoms with Gasteiger partial charge in [-0.2, -0.15) is 0 Å². The van der Waals surface area contributed by atoms with Crippen LogP contribution in [0.5, 0.6) is 0 Å². The second-order valence-electron chi connectivity index (χ2n) is 5.62. The molecule has 0 unspecified atom stereocenters. The molecular weight excluding hydrogens is 404 g/mol. The van der Waals surface area contributed by atoms with Gasteiger partial charge in [0, 0.05) is 10.0 Å². The van der Waals surface area contributed by atoms with Gasteiger partial charge in [0.25, 0.3) is 5.91 Å². The summed E-state index contributed by atoms with van der Waals surface area (Å²) in [7, 11) is 0. The van der Waals surface area contributed by atoms with E-state index in [9.17, 15) is 9.59 Å². The lowest BCUT2D eigenvalue weighted by Crippen LogP contribution is -2.11. The first-order chi connectivity index (χ1) is 11.9. The molecule has 0 saturated heterocycles. The summed E-state index contributed by atoms with van der Waals surface area (Å²) in [6.45, 7) is 3.61. The summed E-state index contributed by atoms with van der Waals surface area (Å²) in [5.41, 5.74) is 1.73. The van der Waals surface area contributed by atoms with Crippen molar-refractivity contribution >= 4 is 54.5 Å². The summed E-state index contributed by atoms with van der Waals surface area (Å²) in [6.07, 6.45) is -0.176. The number of aromatic nitrogens is 1. The average Bonchev–Trinajstić information content (AvgIpc) is 2.95. The van der Waals surface area contributed by atoms with Gasteiger partial charge in [0.1, 0.15) is 0 Å². The zero-order valence-electron chi connectivity index (χ0n) is 13.6. The molecule has 0 bridgehead atoms. The number of rotatable bonds is 4. The van der Waals surface area contributed by atoms with Crippen LogP contribution >= 0.6 is 27.3 Å². The Balaban J connectivity index is 1.80. The number of nitrogens with one attached hydrogen (secondary N) is 1. The Kier molecular flexibility index (Phi) is 5.15. The number of nitrogens with zero attached hydrogens (tertiary/aromatic N) is 1. The zero-order chi connectivity index (χ0) is 18.0. The van der Waals surface area contributed by atoms with Crippen LogP contribution in [0.3, 0.4) is 0 Å². The predicted molar refractivity (Wildman–Crippen MR) is 102 cm³/mol. The smallest absolute Gasteiger partial charge is 0.338 e. The molecule has 0 spiro atoms. The van der Waals surface area contributed by atoms with Crippen molar-refractivity contribution in [3.63, 3.8) is 0 Å². The fourth-order valence-electron chi connectivity index (χ4n) is 2.16. The number of hydrogen-bond donors (Lipinski definition) is 1. The van der Waals surface area contributed by atoms with Crippen LogP contribution in [-0.2, 0) is 4.74 Å². The van der Waals surface area contributed by atoms with Crippen LogP contribution in [0.15, 0.2) is 46.9 Å². The maximum absolute atomic E-state index is 12.3. The summed E-state index contributed by atoms with van der Waals surface area (Å²) >= 11 is 4.65. The number of thiazole rings is 1. The minimum absolute atomic E-state index is 0.176. The number of carbonyl (C=O) groups is 2. The van der Waals surface area contributed by atoms with Gasteiger partial charge >= 0.3 is 5.97 Å². The fraction of sp³-hybridized carbons (Fsp3) is 0.167. The van der Waals surface area contributed by atoms with Crippen LogP contribution in [0, 0.1) is 0 Å². The van der Waals surface area contributed by atoms with Gasteiger partial charge in [0.2, 0.25) is 0 Å². The Morgan fingerprint density at radius 3 is 2.48 bits per heavy atom. The summed E-state index contributed by atoms with van der Waals surface area (Å²) in [4.78, 5) is 28.6. The quantitative estimate of drug-likeness (QED) is 0.613. The number of ether oxygens (including phenoxy) is 1. The zero-order valence-corrected chi connectivity index (χ0v) is 16.0. The van der Waals surface area contributed by atoms with Crippen LogP contribution in [0.1, 0.15) is 34.6 Å². The van der Waals surface area contributed by atoms with Gasteiger partial charge in [0.15, 0.2) is 5.13 Å². The third-order valence-electron chi connectivity index (χ3n) is 3.29. The number of hydrogen-bond acceptors (Lipinski definition) is 5. The maximum Gasteiger partial charge on any atom is 0.338 e. The molecule has 0 atom stereocenters. The van der Waals surface area contributed by atoms with Gasteiger partial charge in [-0.3, -0.25) is 10.1 Å². The van der Waals surface area contributed by atoms with Crippen LogP contribution in [0.25, 0.3) is 10.2 Å². The van der Waals surface area contributed by atoms with Crippen molar-refractivity contribution in [3.8, 4) is 0 Å². The molecule has 0 radical (unpaired) electrons.